The number of halogens is 6. The Morgan fingerprint density at radius 3 is 1.95 bits per heavy atom. The van der Waals surface area contributed by atoms with Crippen LogP contribution in [0.25, 0.3) is 0 Å². The van der Waals surface area contributed by atoms with Crippen LogP contribution in [0.15, 0.2) is 42.5 Å². The van der Waals surface area contributed by atoms with Crippen molar-refractivity contribution >= 4 is 5.91 Å². The molecule has 0 aliphatic carbocycles. The monoisotopic (exact) mass is 571 g/mol. The fourth-order valence-corrected chi connectivity index (χ4v) is 6.15. The summed E-state index contributed by atoms with van der Waals surface area (Å²) in [5.41, 5.74) is -5.15. The number of likely N-dealkylation sites (N-methyl/N-ethyl adjacent to an activating group) is 1. The van der Waals surface area contributed by atoms with Crippen molar-refractivity contribution < 1.29 is 35.9 Å². The number of rotatable bonds is 7. The second-order valence-electron chi connectivity index (χ2n) is 10.4. The highest BCUT2D eigenvalue weighted by molar-refractivity contribution is 5.92. The molecular formula is C29H35F6N3O2. The van der Waals surface area contributed by atoms with Gasteiger partial charge < -0.3 is 15.0 Å². The Kier molecular flexibility index (Phi) is 9.04. The van der Waals surface area contributed by atoms with Gasteiger partial charge in [-0.1, -0.05) is 24.6 Å². The maximum Gasteiger partial charge on any atom is 0.416 e. The van der Waals surface area contributed by atoms with Crippen LogP contribution < -0.4 is 10.1 Å². The van der Waals surface area contributed by atoms with E-state index in [0.717, 1.165) is 25.9 Å². The predicted molar refractivity (Wildman–Crippen MR) is 139 cm³/mol. The van der Waals surface area contributed by atoms with E-state index in [0.29, 0.717) is 38.1 Å². The highest BCUT2D eigenvalue weighted by Gasteiger charge is 2.52. The van der Waals surface area contributed by atoms with E-state index in [1.54, 1.807) is 36.1 Å². The van der Waals surface area contributed by atoms with Crippen LogP contribution >= 0.6 is 0 Å². The standard InChI is InChI=1S/C29H35F6N3O2/c1-3-36-26(39)27(24-9-5-6-10-25(24)40-2,38-15-11-23(12-16-38)37-13-7-4-8-14-37)20-17-21(28(30,31)32)19-22(18-20)29(33,34)35/h5-6,9-10,17-19,23H,3-4,7-8,11-16H2,1-2H3,(H,36,39). The fourth-order valence-electron chi connectivity index (χ4n) is 6.15. The molecule has 0 radical (unpaired) electrons. The number of carbonyl (C=O) groups excluding carboxylic acids is 1. The van der Waals surface area contributed by atoms with Crippen molar-refractivity contribution in [1.82, 2.24) is 15.1 Å². The molecule has 2 aromatic rings. The van der Waals surface area contributed by atoms with E-state index in [-0.39, 0.29) is 30.0 Å². The van der Waals surface area contributed by atoms with Crippen LogP contribution in [0.3, 0.4) is 0 Å². The molecule has 1 N–H and O–H groups in total. The summed E-state index contributed by atoms with van der Waals surface area (Å²) < 4.78 is 89.6. The average Bonchev–Trinajstić information content (AvgIpc) is 2.94. The van der Waals surface area contributed by atoms with Gasteiger partial charge in [0.2, 0.25) is 5.91 Å². The molecule has 2 heterocycles. The maximum atomic E-state index is 14.2. The molecule has 0 spiro atoms. The minimum Gasteiger partial charge on any atom is -0.496 e. The van der Waals surface area contributed by atoms with E-state index in [4.69, 9.17) is 4.74 Å². The van der Waals surface area contributed by atoms with E-state index >= 15 is 0 Å². The molecular weight excluding hydrogens is 536 g/mol. The van der Waals surface area contributed by atoms with E-state index in [2.05, 4.69) is 10.2 Å². The Hall–Kier alpha value is -2.79. The molecule has 1 atom stereocenters. The lowest BCUT2D eigenvalue weighted by Crippen LogP contribution is -2.60. The molecule has 2 fully saturated rings. The summed E-state index contributed by atoms with van der Waals surface area (Å²) in [7, 11) is 1.36. The third-order valence-corrected chi connectivity index (χ3v) is 8.01. The fraction of sp³-hybridized carbons (Fsp3) is 0.552. The number of nitrogens with zero attached hydrogens (tertiary/aromatic N) is 2. The van der Waals surface area contributed by atoms with Crippen molar-refractivity contribution in [1.29, 1.82) is 0 Å². The first-order valence-electron chi connectivity index (χ1n) is 13.6. The van der Waals surface area contributed by atoms with Crippen LogP contribution in [0.2, 0.25) is 0 Å². The van der Waals surface area contributed by atoms with Gasteiger partial charge in [0, 0.05) is 31.2 Å². The van der Waals surface area contributed by atoms with Gasteiger partial charge in [-0.2, -0.15) is 26.3 Å². The number of nitrogens with one attached hydrogen (secondary N) is 1. The lowest BCUT2D eigenvalue weighted by atomic mass is 9.77. The van der Waals surface area contributed by atoms with Crippen molar-refractivity contribution in [3.8, 4) is 5.75 Å². The Morgan fingerprint density at radius 1 is 0.875 bits per heavy atom. The number of ether oxygens (including phenoxy) is 1. The normalized spacial score (nSPS) is 19.7. The van der Waals surface area contributed by atoms with Crippen molar-refractivity contribution in [2.24, 2.45) is 0 Å². The number of piperidine rings is 2. The number of hydrogen-bond donors (Lipinski definition) is 1. The average molecular weight is 572 g/mol. The molecule has 11 heteroatoms. The van der Waals surface area contributed by atoms with Gasteiger partial charge in [0.1, 0.15) is 5.75 Å². The maximum absolute atomic E-state index is 14.2. The van der Waals surface area contributed by atoms with Gasteiger partial charge >= 0.3 is 12.4 Å². The van der Waals surface area contributed by atoms with Crippen LogP contribution in [-0.4, -0.2) is 61.6 Å². The molecule has 2 aliphatic heterocycles. The van der Waals surface area contributed by atoms with Crippen LogP contribution in [0, 0.1) is 0 Å². The molecule has 4 rings (SSSR count). The number of carbonyl (C=O) groups is 1. The van der Waals surface area contributed by atoms with E-state index < -0.39 is 40.5 Å². The summed E-state index contributed by atoms with van der Waals surface area (Å²) >= 11 is 0. The number of methoxy groups -OCH3 is 1. The molecule has 2 aromatic carbocycles. The third-order valence-electron chi connectivity index (χ3n) is 8.01. The second-order valence-corrected chi connectivity index (χ2v) is 10.4. The highest BCUT2D eigenvalue weighted by atomic mass is 19.4. The molecule has 2 saturated heterocycles. The number of amides is 1. The van der Waals surface area contributed by atoms with Gasteiger partial charge in [-0.15, -0.1) is 0 Å². The Labute approximate surface area is 230 Å². The zero-order chi connectivity index (χ0) is 29.1. The molecule has 1 amide bonds. The lowest BCUT2D eigenvalue weighted by molar-refractivity contribution is -0.144. The molecule has 1 unspecified atom stereocenters. The largest absolute Gasteiger partial charge is 0.496 e. The summed E-state index contributed by atoms with van der Waals surface area (Å²) in [6, 6.07) is 8.01. The van der Waals surface area contributed by atoms with Crippen LogP contribution in [0.4, 0.5) is 26.3 Å². The Bertz CT molecular complexity index is 1140. The summed E-state index contributed by atoms with van der Waals surface area (Å²) in [6.07, 6.45) is -5.53. The van der Waals surface area contributed by atoms with Gasteiger partial charge in [0.05, 0.1) is 18.2 Å². The van der Waals surface area contributed by atoms with E-state index in [1.807, 2.05) is 0 Å². The SMILES string of the molecule is CCNC(=O)C(c1cc(C(F)(F)F)cc(C(F)(F)F)c1)(c1ccccc1OC)N1CCC(N2CCCCC2)CC1. The Morgan fingerprint density at radius 2 is 1.43 bits per heavy atom. The summed E-state index contributed by atoms with van der Waals surface area (Å²) in [5, 5.41) is 2.71. The Balaban J connectivity index is 1.95. The van der Waals surface area contributed by atoms with Gasteiger partial charge in [-0.3, -0.25) is 9.69 Å². The molecule has 220 valence electrons. The topological polar surface area (TPSA) is 44.8 Å². The molecule has 0 saturated carbocycles. The molecule has 5 nitrogen and oxygen atoms in total. The van der Waals surface area contributed by atoms with E-state index in [9.17, 15) is 31.1 Å². The minimum absolute atomic E-state index is 0.0940. The quantitative estimate of drug-likeness (QED) is 0.411. The van der Waals surface area contributed by atoms with Crippen molar-refractivity contribution in [2.45, 2.75) is 63.0 Å². The summed E-state index contributed by atoms with van der Waals surface area (Å²) in [5.74, 6) is -0.513. The van der Waals surface area contributed by atoms with Crippen LogP contribution in [0.5, 0.6) is 5.75 Å². The first kappa shape index (κ1) is 30.2. The smallest absolute Gasteiger partial charge is 0.416 e. The number of alkyl halides is 6. The summed E-state index contributed by atoms with van der Waals surface area (Å²) in [4.78, 5) is 18.3. The summed E-state index contributed by atoms with van der Waals surface area (Å²) in [6.45, 7) is 4.30. The van der Waals surface area contributed by atoms with Crippen molar-refractivity contribution in [2.75, 3.05) is 39.8 Å². The highest BCUT2D eigenvalue weighted by Crippen LogP contribution is 2.46. The van der Waals surface area contributed by atoms with E-state index in [1.165, 1.54) is 13.5 Å². The molecule has 0 aromatic heterocycles. The predicted octanol–water partition coefficient (Wildman–Crippen LogP) is 6.06. The first-order valence-corrected chi connectivity index (χ1v) is 13.6. The van der Waals surface area contributed by atoms with Crippen molar-refractivity contribution in [3.05, 3.63) is 64.7 Å². The second kappa shape index (κ2) is 12.0. The van der Waals surface area contributed by atoms with Gasteiger partial charge in [0.15, 0.2) is 5.54 Å². The number of benzene rings is 2. The van der Waals surface area contributed by atoms with Gasteiger partial charge in [-0.25, -0.2) is 0 Å². The molecule has 2 aliphatic rings. The third kappa shape index (κ3) is 5.95. The first-order chi connectivity index (χ1) is 18.9. The van der Waals surface area contributed by atoms with Crippen LogP contribution in [0.1, 0.15) is 61.3 Å². The van der Waals surface area contributed by atoms with Gasteiger partial charge in [0.25, 0.3) is 0 Å². The number of likely N-dealkylation sites (tertiary alicyclic amines) is 2. The number of para-hydroxylation sites is 1. The van der Waals surface area contributed by atoms with Crippen LogP contribution in [-0.2, 0) is 22.7 Å². The molecule has 40 heavy (non-hydrogen) atoms. The van der Waals surface area contributed by atoms with Crippen molar-refractivity contribution in [3.63, 3.8) is 0 Å². The molecule has 0 bridgehead atoms. The number of hydrogen-bond acceptors (Lipinski definition) is 4. The zero-order valence-electron chi connectivity index (χ0n) is 22.7. The van der Waals surface area contributed by atoms with Gasteiger partial charge in [-0.05, 0) is 75.5 Å². The minimum atomic E-state index is -5.06. The zero-order valence-corrected chi connectivity index (χ0v) is 22.7. The lowest BCUT2D eigenvalue weighted by Gasteiger charge is -2.48.